The van der Waals surface area contributed by atoms with Gasteiger partial charge in [-0.15, -0.1) is 0 Å². The monoisotopic (exact) mass is 818 g/mol. The van der Waals surface area contributed by atoms with Gasteiger partial charge in [0.15, 0.2) is 0 Å². The summed E-state index contributed by atoms with van der Waals surface area (Å²) in [5.74, 6) is -10.2. The van der Waals surface area contributed by atoms with Gasteiger partial charge in [-0.25, -0.2) is 19.2 Å². The third kappa shape index (κ3) is 9.16. The molecule has 2 aliphatic heterocycles. The largest absolute Gasteiger partial charge is 0.507 e. The molecule has 59 heavy (non-hydrogen) atoms. The lowest BCUT2D eigenvalue weighted by Gasteiger charge is -2.54. The Kier molecular flexibility index (Phi) is 12.6. The van der Waals surface area contributed by atoms with Crippen LogP contribution in [0.5, 0.6) is 11.5 Å². The molecule has 0 aliphatic carbocycles. The van der Waals surface area contributed by atoms with Crippen LogP contribution in [0.2, 0.25) is 0 Å². The highest BCUT2D eigenvalue weighted by Gasteiger charge is 2.61. The van der Waals surface area contributed by atoms with E-state index in [1.807, 2.05) is 0 Å². The number of phenolic OH excluding ortho intramolecular Hbond substituents is 2. The second-order valence-electron chi connectivity index (χ2n) is 18.2. The number of likely N-dealkylation sites (tertiary alicyclic amines) is 2. The van der Waals surface area contributed by atoms with E-state index in [1.54, 1.807) is 65.2 Å². The first-order chi connectivity index (χ1) is 27.0. The Bertz CT molecular complexity index is 1870. The average Bonchev–Trinajstić information content (AvgIpc) is 3.09. The fraction of sp³-hybridized carbons (Fsp3) is 0.511. The molecule has 14 nitrogen and oxygen atoms in total. The first kappa shape index (κ1) is 46.0. The van der Waals surface area contributed by atoms with Gasteiger partial charge in [-0.2, -0.15) is 0 Å². The molecule has 320 valence electrons. The lowest BCUT2D eigenvalue weighted by Crippen LogP contribution is -2.65. The number of nitrogens with zero attached hydrogens (tertiary/aromatic N) is 2. The fourth-order valence-electron chi connectivity index (χ4n) is 9.17. The molecule has 4 rings (SSSR count). The zero-order chi connectivity index (χ0) is 44.8. The number of ether oxygens (including phenoxy) is 4. The van der Waals surface area contributed by atoms with Crippen molar-refractivity contribution in [1.82, 2.24) is 9.80 Å². The van der Waals surface area contributed by atoms with Crippen LogP contribution >= 0.6 is 0 Å². The number of esters is 4. The summed E-state index contributed by atoms with van der Waals surface area (Å²) in [5, 5.41) is 20.9. The fourth-order valence-corrected chi connectivity index (χ4v) is 9.17. The Morgan fingerprint density at radius 3 is 1.07 bits per heavy atom. The smallest absolute Gasteiger partial charge is 0.457 e. The lowest BCUT2D eigenvalue weighted by molar-refractivity contribution is -0.235. The van der Waals surface area contributed by atoms with Gasteiger partial charge in [-0.3, -0.25) is 9.59 Å². The molecule has 0 spiro atoms. The minimum atomic E-state index is -3.53. The molecule has 2 aromatic rings. The number of carbonyl (C=O) groups excluding carboxylic acids is 6. The average molecular weight is 819 g/mol. The van der Waals surface area contributed by atoms with Crippen LogP contribution in [0.1, 0.15) is 124 Å². The molecule has 2 fully saturated rings. The molecule has 2 heterocycles. The number of amides is 2. The minimum Gasteiger partial charge on any atom is -0.507 e. The zero-order valence-electron chi connectivity index (χ0n) is 36.2. The predicted molar refractivity (Wildman–Crippen MR) is 217 cm³/mol. The number of rotatable bonds is 10. The normalized spacial score (nSPS) is 18.6. The second kappa shape index (κ2) is 16.2. The predicted octanol–water partition coefficient (Wildman–Crippen LogP) is 6.60. The SMILES string of the molecule is C=CC(=O)N1C(C)(C)CC(OC(=O)C(OC(=O)c2cc(C)c(O)c(C)c2)(OC(=O)c2cc(C)c(O)c(C)c2)C(=O)OC2CC(C)(C)N(C(=O)C=C)C(C)(C)C2)CC1(C)C. The van der Waals surface area contributed by atoms with E-state index in [2.05, 4.69) is 13.2 Å². The van der Waals surface area contributed by atoms with Crippen molar-refractivity contribution < 1.29 is 57.9 Å². The molecular weight excluding hydrogens is 760 g/mol. The van der Waals surface area contributed by atoms with Crippen molar-refractivity contribution in [2.75, 3.05) is 0 Å². The van der Waals surface area contributed by atoms with Crippen LogP contribution in [0.3, 0.4) is 0 Å². The molecule has 14 heteroatoms. The molecule has 0 radical (unpaired) electrons. The second-order valence-corrected chi connectivity index (χ2v) is 18.2. The van der Waals surface area contributed by atoms with Crippen LogP contribution in [-0.4, -0.2) is 95.9 Å². The molecule has 0 saturated carbocycles. The minimum absolute atomic E-state index is 0.0552. The van der Waals surface area contributed by atoms with Gasteiger partial charge >= 0.3 is 29.7 Å². The molecule has 0 unspecified atom stereocenters. The number of carbonyl (C=O) groups is 6. The highest BCUT2D eigenvalue weighted by molar-refractivity contribution is 6.08. The zero-order valence-corrected chi connectivity index (χ0v) is 36.2. The summed E-state index contributed by atoms with van der Waals surface area (Å²) >= 11 is 0. The van der Waals surface area contributed by atoms with Crippen LogP contribution in [0.15, 0.2) is 49.6 Å². The van der Waals surface area contributed by atoms with Crippen molar-refractivity contribution in [2.45, 2.75) is 149 Å². The summed E-state index contributed by atoms with van der Waals surface area (Å²) in [6.07, 6.45) is 0.561. The molecule has 0 aromatic heterocycles. The topological polar surface area (TPSA) is 186 Å². The van der Waals surface area contributed by atoms with E-state index in [0.29, 0.717) is 0 Å². The van der Waals surface area contributed by atoms with Gasteiger partial charge in [0.25, 0.3) is 0 Å². The van der Waals surface area contributed by atoms with Crippen LogP contribution < -0.4 is 0 Å². The highest BCUT2D eigenvalue weighted by atomic mass is 16.8. The van der Waals surface area contributed by atoms with Gasteiger partial charge in [0.05, 0.1) is 11.1 Å². The van der Waals surface area contributed by atoms with E-state index in [9.17, 15) is 39.0 Å². The van der Waals surface area contributed by atoms with Crippen molar-refractivity contribution in [3.63, 3.8) is 0 Å². The number of hydrogen-bond donors (Lipinski definition) is 2. The van der Waals surface area contributed by atoms with Crippen molar-refractivity contribution in [1.29, 1.82) is 0 Å². The quantitative estimate of drug-likeness (QED) is 0.0862. The summed E-state index contributed by atoms with van der Waals surface area (Å²) in [6, 6.07) is 5.09. The van der Waals surface area contributed by atoms with Crippen LogP contribution in [0.4, 0.5) is 0 Å². The number of benzene rings is 2. The van der Waals surface area contributed by atoms with Gasteiger partial charge in [-0.05, 0) is 142 Å². The van der Waals surface area contributed by atoms with Gasteiger partial charge < -0.3 is 39.0 Å². The summed E-state index contributed by atoms with van der Waals surface area (Å²) in [5.41, 5.74) is -3.01. The number of aromatic hydroxyl groups is 2. The van der Waals surface area contributed by atoms with Crippen LogP contribution in [0, 0.1) is 27.7 Å². The van der Waals surface area contributed by atoms with Gasteiger partial charge in [0.2, 0.25) is 11.8 Å². The number of piperidine rings is 2. The van der Waals surface area contributed by atoms with Crippen LogP contribution in [0.25, 0.3) is 0 Å². The number of hydrogen-bond acceptors (Lipinski definition) is 12. The summed E-state index contributed by atoms with van der Waals surface area (Å²) in [7, 11) is 0. The Labute approximate surface area is 346 Å². The van der Waals surface area contributed by atoms with E-state index in [0.717, 1.165) is 0 Å². The highest BCUT2D eigenvalue weighted by Crippen LogP contribution is 2.43. The van der Waals surface area contributed by atoms with E-state index in [-0.39, 0.29) is 82.4 Å². The van der Waals surface area contributed by atoms with E-state index in [4.69, 9.17) is 18.9 Å². The standard InChI is InChI=1S/C45H58N2O12/c1-15-33(48)46-41(7,8)21-31(22-42(46,9)10)56-39(54)45(58-37(52)29-17-25(3)35(50)26(4)18-29,59-38(53)30-19-27(5)36(51)28(6)20-30)40(55)57-32-23-43(11,12)47(34(49)16-2)44(13,14)24-32/h15-20,31-32,50-51H,1-2,21-24H2,3-14H3. The maximum Gasteiger partial charge on any atom is 0.457 e. The number of aryl methyl sites for hydroxylation is 4. The van der Waals surface area contributed by atoms with Crippen molar-refractivity contribution in [3.05, 3.63) is 83.0 Å². The third-order valence-corrected chi connectivity index (χ3v) is 11.1. The van der Waals surface area contributed by atoms with E-state index >= 15 is 0 Å². The lowest BCUT2D eigenvalue weighted by atomic mass is 9.78. The van der Waals surface area contributed by atoms with Gasteiger partial charge in [0, 0.05) is 47.8 Å². The Hall–Kier alpha value is -5.66. The maximum atomic E-state index is 14.9. The third-order valence-electron chi connectivity index (χ3n) is 11.1. The summed E-state index contributed by atoms with van der Waals surface area (Å²) in [4.78, 5) is 87.6. The summed E-state index contributed by atoms with van der Waals surface area (Å²) in [6.45, 7) is 27.6. The van der Waals surface area contributed by atoms with Crippen molar-refractivity contribution in [3.8, 4) is 11.5 Å². The molecular formula is C45H58N2O12. The van der Waals surface area contributed by atoms with E-state index < -0.39 is 64.0 Å². The molecule has 2 aliphatic rings. The molecule has 2 aromatic carbocycles. The molecule has 2 saturated heterocycles. The Morgan fingerprint density at radius 2 is 0.831 bits per heavy atom. The summed E-state index contributed by atoms with van der Waals surface area (Å²) < 4.78 is 23.7. The Balaban J connectivity index is 1.90. The maximum absolute atomic E-state index is 14.9. The number of phenols is 2. The van der Waals surface area contributed by atoms with Crippen LogP contribution in [-0.2, 0) is 38.1 Å². The first-order valence-electron chi connectivity index (χ1n) is 19.5. The van der Waals surface area contributed by atoms with Crippen molar-refractivity contribution >= 4 is 35.7 Å². The van der Waals surface area contributed by atoms with Crippen molar-refractivity contribution in [2.24, 2.45) is 0 Å². The molecule has 2 amide bonds. The van der Waals surface area contributed by atoms with E-state index in [1.165, 1.54) is 64.1 Å². The molecule has 2 N–H and O–H groups in total. The van der Waals surface area contributed by atoms with Gasteiger partial charge in [-0.1, -0.05) is 13.2 Å². The molecule has 0 atom stereocenters. The molecule has 0 bridgehead atoms. The van der Waals surface area contributed by atoms with Gasteiger partial charge in [0.1, 0.15) is 23.7 Å². The first-order valence-corrected chi connectivity index (χ1v) is 19.5. The Morgan fingerprint density at radius 1 is 0.576 bits per heavy atom.